The third-order valence-electron chi connectivity index (χ3n) is 12.8. The van der Waals surface area contributed by atoms with Crippen molar-refractivity contribution in [3.05, 3.63) is 52.6 Å². The van der Waals surface area contributed by atoms with E-state index in [-0.39, 0.29) is 46.4 Å². The van der Waals surface area contributed by atoms with Gasteiger partial charge < -0.3 is 23.1 Å². The first kappa shape index (κ1) is 42.0. The molecule has 0 aromatic heterocycles. The molecule has 1 aromatic rings. The van der Waals surface area contributed by atoms with Crippen molar-refractivity contribution in [3.8, 4) is 5.75 Å². The highest BCUT2D eigenvalue weighted by Gasteiger charge is 2.46. The Labute approximate surface area is 313 Å². The van der Waals surface area contributed by atoms with Crippen LogP contribution in [0.1, 0.15) is 111 Å². The van der Waals surface area contributed by atoms with E-state index in [1.54, 1.807) is 0 Å². The molecule has 4 rings (SSSR count). The summed E-state index contributed by atoms with van der Waals surface area (Å²) >= 11 is 0. The molecule has 8 heteroatoms. The summed E-state index contributed by atoms with van der Waals surface area (Å²) in [6.07, 6.45) is 11.4. The van der Waals surface area contributed by atoms with Gasteiger partial charge in [0.1, 0.15) is 11.9 Å². The number of rotatable bonds is 12. The first-order chi connectivity index (χ1) is 23.5. The summed E-state index contributed by atoms with van der Waals surface area (Å²) in [4.78, 5) is 14.1. The number of fused-ring (bicyclic) bond motifs is 1. The SMILES string of the molecule is CCC(Oc1c(C)cc(C)cc1C)C(=O)O[C@H]1C[C@H](O[Si](C)(C)C(C)(C)C)C=C2C=C[C@H](C)[C@H](CC[C@@H]3C[C@H](O[Si](C)(C)C(C)(C)C)CCO3)[C@H]21. The van der Waals surface area contributed by atoms with Gasteiger partial charge in [-0.25, -0.2) is 4.79 Å². The molecule has 1 unspecified atom stereocenters. The fourth-order valence-electron chi connectivity index (χ4n) is 7.75. The number of ether oxygens (including phenoxy) is 3. The number of carbonyl (C=O) groups excluding carboxylic acids is 1. The molecule has 0 N–H and O–H groups in total. The van der Waals surface area contributed by atoms with Crippen molar-refractivity contribution in [2.45, 2.75) is 181 Å². The molecule has 0 radical (unpaired) electrons. The van der Waals surface area contributed by atoms with E-state index in [2.05, 4.69) is 112 Å². The molecule has 2 aliphatic carbocycles. The van der Waals surface area contributed by atoms with E-state index in [0.29, 0.717) is 24.7 Å². The third-order valence-corrected chi connectivity index (χ3v) is 21.8. The Balaban J connectivity index is 1.57. The summed E-state index contributed by atoms with van der Waals surface area (Å²) < 4.78 is 33.3. The summed E-state index contributed by atoms with van der Waals surface area (Å²) in [6.45, 7) is 34.4. The monoisotopic (exact) mass is 740 g/mol. The Bertz CT molecular complexity index is 1390. The van der Waals surface area contributed by atoms with E-state index in [1.807, 2.05) is 20.8 Å². The molecule has 8 atom stereocenters. The molecule has 1 saturated heterocycles. The van der Waals surface area contributed by atoms with Crippen LogP contribution in [0.3, 0.4) is 0 Å². The highest BCUT2D eigenvalue weighted by Crippen LogP contribution is 2.47. The van der Waals surface area contributed by atoms with Gasteiger partial charge in [0.2, 0.25) is 0 Å². The van der Waals surface area contributed by atoms with Crippen molar-refractivity contribution in [2.75, 3.05) is 6.61 Å². The summed E-state index contributed by atoms with van der Waals surface area (Å²) in [7, 11) is -3.94. The predicted octanol–water partition coefficient (Wildman–Crippen LogP) is 11.2. The number of allylic oxidation sites excluding steroid dienone is 2. The molecule has 0 bridgehead atoms. The number of aryl methyl sites for hydroxylation is 3. The second-order valence-electron chi connectivity index (χ2n) is 19.0. The van der Waals surface area contributed by atoms with Gasteiger partial charge >= 0.3 is 5.97 Å². The lowest BCUT2D eigenvalue weighted by atomic mass is 9.66. The van der Waals surface area contributed by atoms with Crippen LogP contribution in [0, 0.1) is 38.5 Å². The van der Waals surface area contributed by atoms with Gasteiger partial charge in [-0.05, 0) is 118 Å². The fourth-order valence-corrected chi connectivity index (χ4v) is 10.4. The average Bonchev–Trinajstić information content (AvgIpc) is 2.99. The largest absolute Gasteiger partial charge is 0.478 e. The Morgan fingerprint density at radius 3 is 2.12 bits per heavy atom. The third kappa shape index (κ3) is 10.3. The highest BCUT2D eigenvalue weighted by atomic mass is 28.4. The first-order valence-corrected chi connectivity index (χ1v) is 25.7. The Hall–Kier alpha value is -1.72. The second-order valence-corrected chi connectivity index (χ2v) is 28.6. The number of hydrogen-bond donors (Lipinski definition) is 0. The normalized spacial score (nSPS) is 28.1. The molecule has 1 aliphatic heterocycles. The van der Waals surface area contributed by atoms with Gasteiger partial charge in [0.25, 0.3) is 0 Å². The van der Waals surface area contributed by atoms with Crippen LogP contribution in [0.15, 0.2) is 35.9 Å². The van der Waals surface area contributed by atoms with Crippen LogP contribution in [-0.4, -0.2) is 59.7 Å². The van der Waals surface area contributed by atoms with E-state index in [9.17, 15) is 4.79 Å². The van der Waals surface area contributed by atoms with Crippen molar-refractivity contribution in [1.82, 2.24) is 0 Å². The Kier molecular flexibility index (Phi) is 13.5. The molecule has 0 spiro atoms. The van der Waals surface area contributed by atoms with Gasteiger partial charge in [-0.2, -0.15) is 0 Å². The smallest absolute Gasteiger partial charge is 0.347 e. The zero-order valence-electron chi connectivity index (χ0n) is 34.9. The first-order valence-electron chi connectivity index (χ1n) is 19.8. The molecule has 0 amide bonds. The summed E-state index contributed by atoms with van der Waals surface area (Å²) in [6, 6.07) is 4.22. The molecule has 3 aliphatic rings. The quantitative estimate of drug-likeness (QED) is 0.157. The van der Waals surface area contributed by atoms with Gasteiger partial charge in [-0.1, -0.05) is 91.3 Å². The molecular weight excluding hydrogens is 669 g/mol. The van der Waals surface area contributed by atoms with Crippen LogP contribution in [0.25, 0.3) is 0 Å². The zero-order chi connectivity index (χ0) is 38.1. The van der Waals surface area contributed by atoms with Crippen LogP contribution in [-0.2, 0) is 23.1 Å². The molecule has 0 saturated carbocycles. The Morgan fingerprint density at radius 1 is 0.922 bits per heavy atom. The molecular formula is C43H72O6Si2. The minimum absolute atomic E-state index is 0.0744. The Morgan fingerprint density at radius 2 is 1.53 bits per heavy atom. The second kappa shape index (κ2) is 16.3. The maximum absolute atomic E-state index is 14.1. The van der Waals surface area contributed by atoms with Gasteiger partial charge in [-0.15, -0.1) is 0 Å². The lowest BCUT2D eigenvalue weighted by Crippen LogP contribution is -2.49. The summed E-state index contributed by atoms with van der Waals surface area (Å²) in [5.41, 5.74) is 4.51. The van der Waals surface area contributed by atoms with Crippen LogP contribution < -0.4 is 4.74 Å². The van der Waals surface area contributed by atoms with E-state index in [0.717, 1.165) is 49.2 Å². The van der Waals surface area contributed by atoms with Crippen LogP contribution in [0.2, 0.25) is 36.3 Å². The summed E-state index contributed by atoms with van der Waals surface area (Å²) in [5.74, 6) is 1.27. The molecule has 288 valence electrons. The number of esters is 1. The molecule has 1 aromatic carbocycles. The molecule has 1 heterocycles. The van der Waals surface area contributed by atoms with E-state index >= 15 is 0 Å². The lowest BCUT2D eigenvalue weighted by Gasteiger charge is -2.46. The topological polar surface area (TPSA) is 63.2 Å². The number of benzene rings is 1. The van der Waals surface area contributed by atoms with Gasteiger partial charge in [0, 0.05) is 25.0 Å². The zero-order valence-corrected chi connectivity index (χ0v) is 36.9. The fraction of sp³-hybridized carbons (Fsp3) is 0.744. The van der Waals surface area contributed by atoms with Gasteiger partial charge in [0.15, 0.2) is 22.7 Å². The standard InChI is InChI=1S/C43H72O6Si2/c1-16-37(46-40-30(4)23-28(2)24-31(40)5)41(44)47-38-27-35(49-51(14,15)43(9,10)11)25-32-18-17-29(3)36(39(32)38)20-19-33-26-34(21-22-45-33)48-50(12,13)42(6,7)8/h17-18,23-25,29,33-39H,16,19-22,26-27H2,1-15H3/t29-,33+,34+,35+,36-,37?,38-,39-/m0/s1. The maximum Gasteiger partial charge on any atom is 0.347 e. The van der Waals surface area contributed by atoms with Crippen molar-refractivity contribution >= 4 is 22.6 Å². The van der Waals surface area contributed by atoms with Gasteiger partial charge in [-0.3, -0.25) is 0 Å². The van der Waals surface area contributed by atoms with Crippen molar-refractivity contribution in [1.29, 1.82) is 0 Å². The minimum Gasteiger partial charge on any atom is -0.478 e. The van der Waals surface area contributed by atoms with E-state index in [4.69, 9.17) is 23.1 Å². The van der Waals surface area contributed by atoms with Crippen molar-refractivity contribution in [2.24, 2.45) is 17.8 Å². The molecule has 51 heavy (non-hydrogen) atoms. The van der Waals surface area contributed by atoms with Crippen molar-refractivity contribution < 1.29 is 27.9 Å². The van der Waals surface area contributed by atoms with Crippen LogP contribution in [0.4, 0.5) is 0 Å². The predicted molar refractivity (Wildman–Crippen MR) is 216 cm³/mol. The van der Waals surface area contributed by atoms with Crippen LogP contribution >= 0.6 is 0 Å². The number of carbonyl (C=O) groups is 1. The molecule has 6 nitrogen and oxygen atoms in total. The molecule has 1 fully saturated rings. The van der Waals surface area contributed by atoms with Crippen molar-refractivity contribution in [3.63, 3.8) is 0 Å². The summed E-state index contributed by atoms with van der Waals surface area (Å²) in [5, 5.41) is 0.262. The van der Waals surface area contributed by atoms with Crippen LogP contribution in [0.5, 0.6) is 5.75 Å². The highest BCUT2D eigenvalue weighted by molar-refractivity contribution is 6.74. The number of hydrogen-bond acceptors (Lipinski definition) is 6. The van der Waals surface area contributed by atoms with E-state index in [1.165, 1.54) is 11.1 Å². The maximum atomic E-state index is 14.1. The van der Waals surface area contributed by atoms with Gasteiger partial charge in [0.05, 0.1) is 12.2 Å². The van der Waals surface area contributed by atoms with E-state index < -0.39 is 22.7 Å². The lowest BCUT2D eigenvalue weighted by molar-refractivity contribution is -0.163. The minimum atomic E-state index is -2.08. The average molecular weight is 741 g/mol.